The summed E-state index contributed by atoms with van der Waals surface area (Å²) in [4.78, 5) is 13.8. The normalized spacial score (nSPS) is 16.2. The Balaban J connectivity index is 1.98. The molecule has 0 saturated heterocycles. The van der Waals surface area contributed by atoms with Gasteiger partial charge in [-0.2, -0.15) is 0 Å². The van der Waals surface area contributed by atoms with E-state index in [-0.39, 0.29) is 12.6 Å². The van der Waals surface area contributed by atoms with Crippen LogP contribution >= 0.6 is 11.6 Å². The van der Waals surface area contributed by atoms with Crippen molar-refractivity contribution in [3.8, 4) is 0 Å². The number of carbonyl (C=O) groups is 1. The molecule has 2 amide bonds. The van der Waals surface area contributed by atoms with Crippen molar-refractivity contribution in [3.63, 3.8) is 0 Å². The van der Waals surface area contributed by atoms with Crippen LogP contribution < -0.4 is 15.5 Å². The zero-order valence-corrected chi connectivity index (χ0v) is 12.5. The molecule has 0 unspecified atom stereocenters. The van der Waals surface area contributed by atoms with Gasteiger partial charge in [-0.05, 0) is 37.5 Å². The van der Waals surface area contributed by atoms with Crippen molar-refractivity contribution >= 4 is 29.0 Å². The first-order valence-corrected chi connectivity index (χ1v) is 7.01. The quantitative estimate of drug-likeness (QED) is 0.800. The number of rotatable bonds is 4. The number of benzene rings is 1. The van der Waals surface area contributed by atoms with E-state index in [2.05, 4.69) is 10.6 Å². The molecular formula is C14H20ClN3O2. The molecule has 0 spiro atoms. The molecule has 1 saturated carbocycles. The van der Waals surface area contributed by atoms with Gasteiger partial charge in [0, 0.05) is 25.7 Å². The highest BCUT2D eigenvalue weighted by Crippen LogP contribution is 2.31. The number of amides is 2. The van der Waals surface area contributed by atoms with Crippen LogP contribution in [0, 0.1) is 0 Å². The standard InChI is InChI=1S/C14H20ClN3O2/c1-18(2)12-5-4-10(15)8-11(12)17-13(19)16-9-14(20)6-3-7-14/h4-5,8,20H,3,6-7,9H2,1-2H3,(H2,16,17,19). The number of halogens is 1. The van der Waals surface area contributed by atoms with Crippen molar-refractivity contribution in [1.82, 2.24) is 5.32 Å². The van der Waals surface area contributed by atoms with Crippen molar-refractivity contribution in [2.45, 2.75) is 24.9 Å². The fourth-order valence-corrected chi connectivity index (χ4v) is 2.34. The van der Waals surface area contributed by atoms with Crippen LogP contribution in [0.5, 0.6) is 0 Å². The van der Waals surface area contributed by atoms with Gasteiger partial charge >= 0.3 is 6.03 Å². The highest BCUT2D eigenvalue weighted by Gasteiger charge is 2.34. The van der Waals surface area contributed by atoms with Crippen LogP contribution in [0.3, 0.4) is 0 Å². The first kappa shape index (κ1) is 14.9. The van der Waals surface area contributed by atoms with E-state index in [4.69, 9.17) is 11.6 Å². The van der Waals surface area contributed by atoms with Gasteiger partial charge in [0.05, 0.1) is 17.0 Å². The summed E-state index contributed by atoms with van der Waals surface area (Å²) < 4.78 is 0. The number of hydrogen-bond donors (Lipinski definition) is 3. The van der Waals surface area contributed by atoms with Crippen LogP contribution in [0.1, 0.15) is 19.3 Å². The Morgan fingerprint density at radius 3 is 2.70 bits per heavy atom. The molecule has 6 heteroatoms. The molecule has 1 aliphatic rings. The molecular weight excluding hydrogens is 278 g/mol. The summed E-state index contributed by atoms with van der Waals surface area (Å²) >= 11 is 5.96. The van der Waals surface area contributed by atoms with Gasteiger partial charge in [-0.25, -0.2) is 4.79 Å². The molecule has 5 nitrogen and oxygen atoms in total. The predicted octanol–water partition coefficient (Wildman–Crippen LogP) is 2.44. The Hall–Kier alpha value is -1.46. The molecule has 1 aromatic rings. The van der Waals surface area contributed by atoms with Gasteiger partial charge in [0.1, 0.15) is 0 Å². The van der Waals surface area contributed by atoms with Gasteiger partial charge in [-0.1, -0.05) is 11.6 Å². The average molecular weight is 298 g/mol. The number of nitrogens with one attached hydrogen (secondary N) is 2. The smallest absolute Gasteiger partial charge is 0.319 e. The van der Waals surface area contributed by atoms with Crippen LogP contribution in [0.2, 0.25) is 5.02 Å². The van der Waals surface area contributed by atoms with Gasteiger partial charge in [0.25, 0.3) is 0 Å². The number of hydrogen-bond acceptors (Lipinski definition) is 3. The molecule has 1 aliphatic carbocycles. The molecule has 0 aromatic heterocycles. The maximum Gasteiger partial charge on any atom is 0.319 e. The summed E-state index contributed by atoms with van der Waals surface area (Å²) in [6, 6.07) is 4.99. The molecule has 0 heterocycles. The number of carbonyl (C=O) groups excluding carboxylic acids is 1. The van der Waals surface area contributed by atoms with E-state index in [1.54, 1.807) is 12.1 Å². The van der Waals surface area contributed by atoms with Crippen LogP contribution in [0.15, 0.2) is 18.2 Å². The van der Waals surface area contributed by atoms with Crippen molar-refractivity contribution in [1.29, 1.82) is 0 Å². The third-order valence-corrected chi connectivity index (χ3v) is 3.79. The minimum absolute atomic E-state index is 0.275. The molecule has 20 heavy (non-hydrogen) atoms. The summed E-state index contributed by atoms with van der Waals surface area (Å²) in [5.74, 6) is 0. The number of nitrogens with zero attached hydrogens (tertiary/aromatic N) is 1. The second-order valence-corrected chi connectivity index (χ2v) is 5.88. The van der Waals surface area contributed by atoms with Crippen molar-refractivity contribution in [2.24, 2.45) is 0 Å². The molecule has 1 fully saturated rings. The van der Waals surface area contributed by atoms with Gasteiger partial charge < -0.3 is 20.6 Å². The van der Waals surface area contributed by atoms with Crippen molar-refractivity contribution in [3.05, 3.63) is 23.2 Å². The largest absolute Gasteiger partial charge is 0.388 e. The van der Waals surface area contributed by atoms with Gasteiger partial charge in [-0.15, -0.1) is 0 Å². The summed E-state index contributed by atoms with van der Waals surface area (Å²) in [6.07, 6.45) is 2.50. The van der Waals surface area contributed by atoms with E-state index < -0.39 is 5.60 Å². The second-order valence-electron chi connectivity index (χ2n) is 5.44. The molecule has 0 atom stereocenters. The van der Waals surface area contributed by atoms with Crippen LogP contribution in [0.4, 0.5) is 16.2 Å². The van der Waals surface area contributed by atoms with E-state index >= 15 is 0 Å². The zero-order valence-electron chi connectivity index (χ0n) is 11.7. The predicted molar refractivity (Wildman–Crippen MR) is 81.6 cm³/mol. The van der Waals surface area contributed by atoms with E-state index in [0.29, 0.717) is 10.7 Å². The topological polar surface area (TPSA) is 64.6 Å². The molecule has 2 rings (SSSR count). The minimum Gasteiger partial charge on any atom is -0.388 e. The fraction of sp³-hybridized carbons (Fsp3) is 0.500. The third-order valence-electron chi connectivity index (χ3n) is 3.55. The number of aliphatic hydroxyl groups is 1. The zero-order chi connectivity index (χ0) is 14.8. The lowest BCUT2D eigenvalue weighted by molar-refractivity contribution is -0.0287. The minimum atomic E-state index is -0.726. The molecule has 0 aliphatic heterocycles. The molecule has 3 N–H and O–H groups in total. The number of urea groups is 1. The first-order chi connectivity index (χ1) is 9.39. The van der Waals surface area contributed by atoms with Crippen LogP contribution in [-0.2, 0) is 0 Å². The Morgan fingerprint density at radius 1 is 1.45 bits per heavy atom. The van der Waals surface area contributed by atoms with E-state index in [1.165, 1.54) is 0 Å². The van der Waals surface area contributed by atoms with Crippen LogP contribution in [-0.4, -0.2) is 37.4 Å². The highest BCUT2D eigenvalue weighted by atomic mass is 35.5. The molecule has 0 radical (unpaired) electrons. The second kappa shape index (κ2) is 5.89. The summed E-state index contributed by atoms with van der Waals surface area (Å²) in [7, 11) is 3.78. The summed E-state index contributed by atoms with van der Waals surface area (Å²) in [6.45, 7) is 0.275. The van der Waals surface area contributed by atoms with E-state index in [1.807, 2.05) is 25.1 Å². The van der Waals surface area contributed by atoms with E-state index in [0.717, 1.165) is 24.9 Å². The maximum atomic E-state index is 11.9. The maximum absolute atomic E-state index is 11.9. The monoisotopic (exact) mass is 297 g/mol. The van der Waals surface area contributed by atoms with Gasteiger partial charge in [0.15, 0.2) is 0 Å². The lowest BCUT2D eigenvalue weighted by atomic mass is 9.80. The van der Waals surface area contributed by atoms with E-state index in [9.17, 15) is 9.90 Å². The summed E-state index contributed by atoms with van der Waals surface area (Å²) in [5.41, 5.74) is 0.781. The highest BCUT2D eigenvalue weighted by molar-refractivity contribution is 6.31. The van der Waals surface area contributed by atoms with Crippen molar-refractivity contribution < 1.29 is 9.90 Å². The van der Waals surface area contributed by atoms with Crippen molar-refractivity contribution in [2.75, 3.05) is 30.9 Å². The Labute approximate surface area is 123 Å². The molecule has 1 aromatic carbocycles. The Kier molecular flexibility index (Phi) is 4.40. The van der Waals surface area contributed by atoms with Gasteiger partial charge in [0.2, 0.25) is 0 Å². The molecule has 0 bridgehead atoms. The lowest BCUT2D eigenvalue weighted by Crippen LogP contribution is -2.48. The first-order valence-electron chi connectivity index (χ1n) is 6.64. The number of anilines is 2. The molecule has 110 valence electrons. The third kappa shape index (κ3) is 3.55. The van der Waals surface area contributed by atoms with Crippen LogP contribution in [0.25, 0.3) is 0 Å². The van der Waals surface area contributed by atoms with Gasteiger partial charge in [-0.3, -0.25) is 0 Å². The lowest BCUT2D eigenvalue weighted by Gasteiger charge is -2.36. The Morgan fingerprint density at radius 2 is 2.15 bits per heavy atom. The average Bonchev–Trinajstić information content (AvgIpc) is 2.33. The summed E-state index contributed by atoms with van der Waals surface area (Å²) in [5, 5.41) is 16.0. The SMILES string of the molecule is CN(C)c1ccc(Cl)cc1NC(=O)NCC1(O)CCC1. The Bertz CT molecular complexity index is 501. The fourth-order valence-electron chi connectivity index (χ4n) is 2.17.